The number of aromatic nitrogens is 1. The molecule has 0 radical (unpaired) electrons. The third kappa shape index (κ3) is 2.89. The maximum atomic E-state index is 12.1. The normalized spacial score (nSPS) is 15.1. The first-order valence-electron chi connectivity index (χ1n) is 8.04. The number of pyridine rings is 1. The molecule has 0 aliphatic carbocycles. The van der Waals surface area contributed by atoms with Crippen LogP contribution in [0.5, 0.6) is 0 Å². The van der Waals surface area contributed by atoms with Crippen LogP contribution in [0.4, 0.5) is 11.4 Å². The minimum atomic E-state index is -0.382. The van der Waals surface area contributed by atoms with Crippen LogP contribution >= 0.6 is 0 Å². The lowest BCUT2D eigenvalue weighted by Crippen LogP contribution is -2.50. The molecule has 0 bridgehead atoms. The number of anilines is 1. The Morgan fingerprint density at radius 2 is 1.88 bits per heavy atom. The van der Waals surface area contributed by atoms with Crippen LogP contribution in [0.2, 0.25) is 0 Å². The van der Waals surface area contributed by atoms with Gasteiger partial charge in [-0.3, -0.25) is 19.9 Å². The summed E-state index contributed by atoms with van der Waals surface area (Å²) >= 11 is 0. The van der Waals surface area contributed by atoms with Crippen molar-refractivity contribution in [2.75, 3.05) is 31.1 Å². The molecule has 1 fully saturated rings. The maximum Gasteiger partial charge on any atom is 0.278 e. The van der Waals surface area contributed by atoms with Crippen LogP contribution in [-0.2, 0) is 4.79 Å². The second-order valence-electron chi connectivity index (χ2n) is 6.25. The highest BCUT2D eigenvalue weighted by Crippen LogP contribution is 2.33. The van der Waals surface area contributed by atoms with Crippen LogP contribution in [0.15, 0.2) is 30.6 Å². The molecule has 1 aliphatic heterocycles. The summed E-state index contributed by atoms with van der Waals surface area (Å²) in [4.78, 5) is 31.0. The van der Waals surface area contributed by atoms with Crippen molar-refractivity contribution in [1.82, 2.24) is 9.88 Å². The summed E-state index contributed by atoms with van der Waals surface area (Å²) in [7, 11) is 0. The minimum Gasteiger partial charge on any atom is -0.367 e. The molecular formula is C17H20N4O3. The van der Waals surface area contributed by atoms with E-state index in [9.17, 15) is 14.9 Å². The summed E-state index contributed by atoms with van der Waals surface area (Å²) < 4.78 is 0. The summed E-state index contributed by atoms with van der Waals surface area (Å²) in [6.45, 7) is 6.58. The Labute approximate surface area is 140 Å². The summed E-state index contributed by atoms with van der Waals surface area (Å²) in [6.07, 6.45) is 3.18. The van der Waals surface area contributed by atoms with Gasteiger partial charge in [0.1, 0.15) is 0 Å². The van der Waals surface area contributed by atoms with E-state index in [-0.39, 0.29) is 22.4 Å². The predicted octanol–water partition coefficient (Wildman–Crippen LogP) is 2.45. The zero-order valence-electron chi connectivity index (χ0n) is 13.8. The standard InChI is InChI=1S/C17H20N4O3/c1-12(2)17(22)20-9-7-19(8-10-20)15-3-4-16(21(23)24)14-11-18-6-5-13(14)15/h3-6,11-12H,7-10H2,1-2H3. The summed E-state index contributed by atoms with van der Waals surface area (Å²) in [5.41, 5.74) is 1.02. The van der Waals surface area contributed by atoms with Crippen molar-refractivity contribution in [3.8, 4) is 0 Å². The van der Waals surface area contributed by atoms with Gasteiger partial charge in [0.25, 0.3) is 5.69 Å². The lowest BCUT2D eigenvalue weighted by Gasteiger charge is -2.37. The summed E-state index contributed by atoms with van der Waals surface area (Å²) in [5.74, 6) is 0.176. The van der Waals surface area contributed by atoms with Gasteiger partial charge in [0.05, 0.1) is 10.3 Å². The molecule has 0 N–H and O–H groups in total. The highest BCUT2D eigenvalue weighted by molar-refractivity contribution is 5.99. The average molecular weight is 328 g/mol. The molecule has 1 aromatic carbocycles. The zero-order valence-corrected chi connectivity index (χ0v) is 13.8. The van der Waals surface area contributed by atoms with Gasteiger partial charge in [-0.05, 0) is 12.1 Å². The van der Waals surface area contributed by atoms with E-state index in [1.807, 2.05) is 24.8 Å². The predicted molar refractivity (Wildman–Crippen MR) is 92.0 cm³/mol. The Morgan fingerprint density at radius 3 is 2.50 bits per heavy atom. The SMILES string of the molecule is CC(C)C(=O)N1CCN(c2ccc([N+](=O)[O-])c3cnccc23)CC1. The van der Waals surface area contributed by atoms with Crippen LogP contribution in [0, 0.1) is 16.0 Å². The number of hydrogen-bond acceptors (Lipinski definition) is 5. The number of amides is 1. The quantitative estimate of drug-likeness (QED) is 0.639. The topological polar surface area (TPSA) is 79.6 Å². The van der Waals surface area contributed by atoms with Gasteiger partial charge in [0.2, 0.25) is 5.91 Å². The number of hydrogen-bond donors (Lipinski definition) is 0. The molecule has 1 saturated heterocycles. The third-order valence-corrected chi connectivity index (χ3v) is 4.39. The fraction of sp³-hybridized carbons (Fsp3) is 0.412. The molecule has 0 atom stereocenters. The number of benzene rings is 1. The van der Waals surface area contributed by atoms with Gasteiger partial charge in [-0.25, -0.2) is 0 Å². The number of non-ortho nitro benzene ring substituents is 1. The van der Waals surface area contributed by atoms with Crippen LogP contribution in [0.3, 0.4) is 0 Å². The zero-order chi connectivity index (χ0) is 17.3. The maximum absolute atomic E-state index is 12.1. The molecule has 1 aliphatic rings. The second kappa shape index (κ2) is 6.43. The largest absolute Gasteiger partial charge is 0.367 e. The number of piperazine rings is 1. The molecule has 7 nitrogen and oxygen atoms in total. The second-order valence-corrected chi connectivity index (χ2v) is 6.25. The Morgan fingerprint density at radius 1 is 1.17 bits per heavy atom. The van der Waals surface area contributed by atoms with Crippen molar-refractivity contribution in [1.29, 1.82) is 0 Å². The Kier molecular flexibility index (Phi) is 4.33. The number of nitro groups is 1. The molecule has 24 heavy (non-hydrogen) atoms. The van der Waals surface area contributed by atoms with Gasteiger partial charge in [0.15, 0.2) is 0 Å². The van der Waals surface area contributed by atoms with Crippen LogP contribution < -0.4 is 4.90 Å². The Balaban J connectivity index is 1.88. The number of nitro benzene ring substituents is 1. The van der Waals surface area contributed by atoms with E-state index in [1.165, 1.54) is 12.3 Å². The highest BCUT2D eigenvalue weighted by Gasteiger charge is 2.25. The lowest BCUT2D eigenvalue weighted by atomic mass is 10.1. The van der Waals surface area contributed by atoms with E-state index in [0.717, 1.165) is 11.1 Å². The van der Waals surface area contributed by atoms with E-state index in [4.69, 9.17) is 0 Å². The van der Waals surface area contributed by atoms with Crippen LogP contribution in [0.1, 0.15) is 13.8 Å². The van der Waals surface area contributed by atoms with E-state index < -0.39 is 0 Å². The smallest absolute Gasteiger partial charge is 0.278 e. The molecule has 0 saturated carbocycles. The molecular weight excluding hydrogens is 308 g/mol. The molecule has 126 valence electrons. The van der Waals surface area contributed by atoms with Gasteiger partial charge in [-0.15, -0.1) is 0 Å². The van der Waals surface area contributed by atoms with Gasteiger partial charge >= 0.3 is 0 Å². The van der Waals surface area contributed by atoms with Crippen molar-refractivity contribution >= 4 is 28.1 Å². The number of rotatable bonds is 3. The van der Waals surface area contributed by atoms with Crippen molar-refractivity contribution in [2.24, 2.45) is 5.92 Å². The van der Waals surface area contributed by atoms with Crippen LogP contribution in [0.25, 0.3) is 10.8 Å². The minimum absolute atomic E-state index is 0.00262. The molecule has 2 aromatic rings. The summed E-state index contributed by atoms with van der Waals surface area (Å²) in [5, 5.41) is 12.6. The fourth-order valence-corrected chi connectivity index (χ4v) is 3.13. The molecule has 0 spiro atoms. The van der Waals surface area contributed by atoms with Crippen molar-refractivity contribution in [3.63, 3.8) is 0 Å². The molecule has 1 amide bonds. The van der Waals surface area contributed by atoms with Gasteiger partial charge in [0, 0.05) is 61.6 Å². The first kappa shape index (κ1) is 16.2. The van der Waals surface area contributed by atoms with E-state index >= 15 is 0 Å². The van der Waals surface area contributed by atoms with Crippen molar-refractivity contribution in [2.45, 2.75) is 13.8 Å². The van der Waals surface area contributed by atoms with Gasteiger partial charge in [-0.2, -0.15) is 0 Å². The monoisotopic (exact) mass is 328 g/mol. The highest BCUT2D eigenvalue weighted by atomic mass is 16.6. The number of nitrogens with zero attached hydrogens (tertiary/aromatic N) is 4. The lowest BCUT2D eigenvalue weighted by molar-refractivity contribution is -0.383. The summed E-state index contributed by atoms with van der Waals surface area (Å²) in [6, 6.07) is 5.13. The fourth-order valence-electron chi connectivity index (χ4n) is 3.13. The van der Waals surface area contributed by atoms with E-state index in [0.29, 0.717) is 31.6 Å². The molecule has 3 rings (SSSR count). The Bertz CT molecular complexity index is 782. The van der Waals surface area contributed by atoms with Gasteiger partial charge < -0.3 is 9.80 Å². The number of fused-ring (bicyclic) bond motifs is 1. The van der Waals surface area contributed by atoms with Crippen molar-refractivity contribution < 1.29 is 9.72 Å². The number of carbonyl (C=O) groups excluding carboxylic acids is 1. The first-order valence-corrected chi connectivity index (χ1v) is 8.04. The molecule has 1 aromatic heterocycles. The van der Waals surface area contributed by atoms with Crippen molar-refractivity contribution in [3.05, 3.63) is 40.7 Å². The molecule has 0 unspecified atom stereocenters. The van der Waals surface area contributed by atoms with Crippen LogP contribution in [-0.4, -0.2) is 46.9 Å². The van der Waals surface area contributed by atoms with E-state index in [1.54, 1.807) is 12.3 Å². The number of carbonyl (C=O) groups is 1. The third-order valence-electron chi connectivity index (χ3n) is 4.39. The molecule has 7 heteroatoms. The first-order chi connectivity index (χ1) is 11.5. The average Bonchev–Trinajstić information content (AvgIpc) is 2.60. The van der Waals surface area contributed by atoms with Gasteiger partial charge in [-0.1, -0.05) is 13.8 Å². The molecule has 2 heterocycles. The van der Waals surface area contributed by atoms with E-state index in [2.05, 4.69) is 9.88 Å². The Hall–Kier alpha value is -2.70.